The molecular weight excluding hydrogens is 228 g/mol. The summed E-state index contributed by atoms with van der Waals surface area (Å²) >= 11 is 3.40. The van der Waals surface area contributed by atoms with Gasteiger partial charge < -0.3 is 4.90 Å². The van der Waals surface area contributed by atoms with E-state index in [4.69, 9.17) is 0 Å². The number of aromatic nitrogens is 1. The number of hydrogen-bond acceptors (Lipinski definition) is 2. The number of rotatable bonds is 1. The molecule has 68 valence electrons. The van der Waals surface area contributed by atoms with E-state index < -0.39 is 0 Å². The van der Waals surface area contributed by atoms with Gasteiger partial charge in [0.1, 0.15) is 10.4 Å². The molecule has 2 heterocycles. The minimum Gasteiger partial charge on any atom is -0.353 e. The molecule has 1 aromatic heterocycles. The molecule has 13 heavy (non-hydrogen) atoms. The molecule has 0 spiro atoms. The fourth-order valence-corrected chi connectivity index (χ4v) is 2.57. The zero-order valence-corrected chi connectivity index (χ0v) is 8.87. The van der Waals surface area contributed by atoms with Crippen LogP contribution in [0.3, 0.4) is 0 Å². The Balaban J connectivity index is 1.91. The van der Waals surface area contributed by atoms with Gasteiger partial charge in [0, 0.05) is 12.6 Å². The molecule has 0 radical (unpaired) electrons. The van der Waals surface area contributed by atoms with Crippen LogP contribution in [0.15, 0.2) is 22.8 Å². The largest absolute Gasteiger partial charge is 0.353 e. The third-order valence-electron chi connectivity index (χ3n) is 3.02. The zero-order valence-electron chi connectivity index (χ0n) is 7.28. The third kappa shape index (κ3) is 1.26. The molecule has 2 fully saturated rings. The van der Waals surface area contributed by atoms with Crippen molar-refractivity contribution >= 4 is 21.7 Å². The highest BCUT2D eigenvalue weighted by molar-refractivity contribution is 9.10. The fourth-order valence-electron chi connectivity index (χ4n) is 2.24. The van der Waals surface area contributed by atoms with Gasteiger partial charge in [-0.05, 0) is 46.8 Å². The molecule has 1 aromatic rings. The molecule has 1 saturated carbocycles. The standard InChI is InChI=1S/C10H11BrN2/c11-9-2-1-3-10(12-9)13-5-4-7-6-8(7)13/h1-3,7-8H,4-6H2/t7-,8-/m1/s1. The van der Waals surface area contributed by atoms with Crippen LogP contribution in [0.5, 0.6) is 0 Å². The van der Waals surface area contributed by atoms with E-state index in [9.17, 15) is 0 Å². The van der Waals surface area contributed by atoms with Gasteiger partial charge in [-0.25, -0.2) is 4.98 Å². The molecule has 0 unspecified atom stereocenters. The van der Waals surface area contributed by atoms with E-state index in [2.05, 4.69) is 37.9 Å². The van der Waals surface area contributed by atoms with Crippen molar-refractivity contribution in [1.82, 2.24) is 4.98 Å². The van der Waals surface area contributed by atoms with Crippen molar-refractivity contribution in [3.05, 3.63) is 22.8 Å². The van der Waals surface area contributed by atoms with E-state index in [1.807, 2.05) is 6.07 Å². The van der Waals surface area contributed by atoms with Crippen molar-refractivity contribution in [2.45, 2.75) is 18.9 Å². The topological polar surface area (TPSA) is 16.1 Å². The Morgan fingerprint density at radius 2 is 2.38 bits per heavy atom. The van der Waals surface area contributed by atoms with Gasteiger partial charge >= 0.3 is 0 Å². The van der Waals surface area contributed by atoms with Crippen LogP contribution >= 0.6 is 15.9 Å². The number of anilines is 1. The van der Waals surface area contributed by atoms with Crippen molar-refractivity contribution in [3.63, 3.8) is 0 Å². The van der Waals surface area contributed by atoms with E-state index in [1.54, 1.807) is 0 Å². The number of fused-ring (bicyclic) bond motifs is 1. The van der Waals surface area contributed by atoms with Crippen molar-refractivity contribution in [2.75, 3.05) is 11.4 Å². The molecule has 0 aromatic carbocycles. The average Bonchev–Trinajstić information content (AvgIpc) is 2.78. The van der Waals surface area contributed by atoms with E-state index in [0.717, 1.165) is 22.4 Å². The Hall–Kier alpha value is -0.570. The van der Waals surface area contributed by atoms with Crippen LogP contribution in [-0.2, 0) is 0 Å². The lowest BCUT2D eigenvalue weighted by Crippen LogP contribution is -2.23. The highest BCUT2D eigenvalue weighted by Crippen LogP contribution is 2.45. The predicted molar refractivity (Wildman–Crippen MR) is 55.8 cm³/mol. The van der Waals surface area contributed by atoms with Crippen LogP contribution in [0.25, 0.3) is 0 Å². The molecule has 3 heteroatoms. The Bertz CT molecular complexity index is 339. The number of pyridine rings is 1. The lowest BCUT2D eigenvalue weighted by atomic mass is 10.3. The molecule has 1 saturated heterocycles. The first kappa shape index (κ1) is 7.80. The van der Waals surface area contributed by atoms with Crippen molar-refractivity contribution in [3.8, 4) is 0 Å². The first-order chi connectivity index (χ1) is 6.34. The van der Waals surface area contributed by atoms with Gasteiger partial charge in [-0.3, -0.25) is 0 Å². The molecule has 3 rings (SSSR count). The number of halogens is 1. The summed E-state index contributed by atoms with van der Waals surface area (Å²) in [4.78, 5) is 6.91. The molecular formula is C10H11BrN2. The van der Waals surface area contributed by atoms with Gasteiger partial charge in [-0.2, -0.15) is 0 Å². The maximum absolute atomic E-state index is 4.47. The van der Waals surface area contributed by atoms with Gasteiger partial charge in [0.25, 0.3) is 0 Å². The summed E-state index contributed by atoms with van der Waals surface area (Å²) in [6.07, 6.45) is 2.74. The lowest BCUT2D eigenvalue weighted by Gasteiger charge is -2.18. The van der Waals surface area contributed by atoms with Gasteiger partial charge in [-0.1, -0.05) is 6.07 Å². The first-order valence-electron chi connectivity index (χ1n) is 4.74. The molecule has 0 amide bonds. The van der Waals surface area contributed by atoms with Gasteiger partial charge in [0.15, 0.2) is 0 Å². The summed E-state index contributed by atoms with van der Waals surface area (Å²) in [6.45, 7) is 1.19. The smallest absolute Gasteiger partial charge is 0.130 e. The van der Waals surface area contributed by atoms with Gasteiger partial charge in [-0.15, -0.1) is 0 Å². The van der Waals surface area contributed by atoms with Crippen LogP contribution in [0, 0.1) is 5.92 Å². The minimum atomic E-state index is 0.807. The Morgan fingerprint density at radius 3 is 3.00 bits per heavy atom. The average molecular weight is 239 g/mol. The number of nitrogens with zero attached hydrogens (tertiary/aromatic N) is 2. The Labute approximate surface area is 86.1 Å². The number of piperidine rings is 1. The predicted octanol–water partition coefficient (Wildman–Crippen LogP) is 2.44. The molecule has 2 atom stereocenters. The van der Waals surface area contributed by atoms with E-state index in [-0.39, 0.29) is 0 Å². The summed E-state index contributed by atoms with van der Waals surface area (Å²) in [5.74, 6) is 2.11. The maximum Gasteiger partial charge on any atom is 0.130 e. The first-order valence-corrected chi connectivity index (χ1v) is 5.53. The van der Waals surface area contributed by atoms with Crippen molar-refractivity contribution in [1.29, 1.82) is 0 Å². The second-order valence-electron chi connectivity index (χ2n) is 3.86. The van der Waals surface area contributed by atoms with Crippen LogP contribution < -0.4 is 4.90 Å². The molecule has 2 nitrogen and oxygen atoms in total. The molecule has 1 aliphatic heterocycles. The molecule has 0 N–H and O–H groups in total. The fraction of sp³-hybridized carbons (Fsp3) is 0.500. The maximum atomic E-state index is 4.47. The molecule has 2 aliphatic rings. The molecule has 1 aliphatic carbocycles. The molecule has 0 bridgehead atoms. The second-order valence-corrected chi connectivity index (χ2v) is 4.68. The summed E-state index contributed by atoms with van der Waals surface area (Å²) in [6, 6.07) is 6.94. The van der Waals surface area contributed by atoms with Crippen molar-refractivity contribution in [2.24, 2.45) is 5.92 Å². The third-order valence-corrected chi connectivity index (χ3v) is 3.46. The summed E-state index contributed by atoms with van der Waals surface area (Å²) in [5, 5.41) is 0. The van der Waals surface area contributed by atoms with E-state index >= 15 is 0 Å². The lowest BCUT2D eigenvalue weighted by molar-refractivity contribution is 0.792. The highest BCUT2D eigenvalue weighted by atomic mass is 79.9. The summed E-state index contributed by atoms with van der Waals surface area (Å²) in [5.41, 5.74) is 0. The van der Waals surface area contributed by atoms with Crippen LogP contribution in [0.2, 0.25) is 0 Å². The Morgan fingerprint density at radius 1 is 1.46 bits per heavy atom. The van der Waals surface area contributed by atoms with Gasteiger partial charge in [0.05, 0.1) is 0 Å². The quantitative estimate of drug-likeness (QED) is 0.700. The normalized spacial score (nSPS) is 30.4. The monoisotopic (exact) mass is 238 g/mol. The van der Waals surface area contributed by atoms with Crippen LogP contribution in [0.4, 0.5) is 5.82 Å². The Kier molecular flexibility index (Phi) is 1.62. The van der Waals surface area contributed by atoms with E-state index in [1.165, 1.54) is 19.4 Å². The van der Waals surface area contributed by atoms with E-state index in [0.29, 0.717) is 0 Å². The van der Waals surface area contributed by atoms with Crippen molar-refractivity contribution < 1.29 is 0 Å². The van der Waals surface area contributed by atoms with Gasteiger partial charge in [0.2, 0.25) is 0 Å². The summed E-state index contributed by atoms with van der Waals surface area (Å²) < 4.78 is 0.939. The SMILES string of the molecule is Brc1cccc(N2CC[C@@H]3C[C@H]32)n1. The summed E-state index contributed by atoms with van der Waals surface area (Å²) in [7, 11) is 0. The zero-order chi connectivity index (χ0) is 8.84. The highest BCUT2D eigenvalue weighted by Gasteiger charge is 2.47. The minimum absolute atomic E-state index is 0.807. The van der Waals surface area contributed by atoms with Crippen LogP contribution in [0.1, 0.15) is 12.8 Å². The second kappa shape index (κ2) is 2.71. The van der Waals surface area contributed by atoms with Crippen LogP contribution in [-0.4, -0.2) is 17.6 Å². The number of hydrogen-bond donors (Lipinski definition) is 0.